The van der Waals surface area contributed by atoms with Gasteiger partial charge in [0.05, 0.1) is 4.92 Å². The number of nitro groups is 1. The van der Waals surface area contributed by atoms with Gasteiger partial charge in [0.25, 0.3) is 5.69 Å². The van der Waals surface area contributed by atoms with Gasteiger partial charge in [0.1, 0.15) is 12.6 Å². The monoisotopic (exact) mass is 222 g/mol. The van der Waals surface area contributed by atoms with E-state index in [0.717, 1.165) is 5.56 Å². The summed E-state index contributed by atoms with van der Waals surface area (Å²) in [7, 11) is 0. The van der Waals surface area contributed by atoms with Gasteiger partial charge < -0.3 is 10.1 Å². The van der Waals surface area contributed by atoms with Crippen molar-refractivity contribution in [3.05, 3.63) is 39.9 Å². The fourth-order valence-corrected chi connectivity index (χ4v) is 1.19. The zero-order valence-corrected chi connectivity index (χ0v) is 8.38. The van der Waals surface area contributed by atoms with Gasteiger partial charge in [-0.05, 0) is 17.7 Å². The Balaban J connectivity index is 1.89. The number of hydrogen-bond acceptors (Lipinski definition) is 5. The Morgan fingerprint density at radius 1 is 1.50 bits per heavy atom. The van der Waals surface area contributed by atoms with Gasteiger partial charge >= 0.3 is 5.97 Å². The van der Waals surface area contributed by atoms with Crippen LogP contribution in [0.3, 0.4) is 0 Å². The number of hydrogen-bond donors (Lipinski definition) is 1. The SMILES string of the molecule is O=C(OCc1ccc([N+](=O)[O-])cc1)C1CN1. The maximum atomic E-state index is 11.2. The standard InChI is InChI=1S/C10H10N2O4/c13-10(9-5-11-9)16-6-7-1-3-8(4-2-7)12(14)15/h1-4,9,11H,5-6H2. The summed E-state index contributed by atoms with van der Waals surface area (Å²) in [4.78, 5) is 21.1. The van der Waals surface area contributed by atoms with Gasteiger partial charge in [0.15, 0.2) is 0 Å². The summed E-state index contributed by atoms with van der Waals surface area (Å²) in [5, 5.41) is 13.2. The number of benzene rings is 1. The number of ether oxygens (including phenoxy) is 1. The minimum atomic E-state index is -0.468. The molecule has 0 aromatic heterocycles. The molecule has 1 aliphatic rings. The van der Waals surface area contributed by atoms with Gasteiger partial charge in [-0.15, -0.1) is 0 Å². The molecule has 0 bridgehead atoms. The van der Waals surface area contributed by atoms with Crippen LogP contribution in [0, 0.1) is 10.1 Å². The highest BCUT2D eigenvalue weighted by molar-refractivity contribution is 5.78. The van der Waals surface area contributed by atoms with Crippen LogP contribution in [0.2, 0.25) is 0 Å². The predicted octanol–water partition coefficient (Wildman–Crippen LogP) is 0.610. The molecular weight excluding hydrogens is 212 g/mol. The van der Waals surface area contributed by atoms with Crippen LogP contribution in [0.4, 0.5) is 5.69 Å². The Labute approximate surface area is 91.4 Å². The van der Waals surface area contributed by atoms with Crippen LogP contribution in [0.25, 0.3) is 0 Å². The first-order valence-electron chi connectivity index (χ1n) is 4.80. The molecule has 0 spiro atoms. The second kappa shape index (κ2) is 4.28. The van der Waals surface area contributed by atoms with Crippen LogP contribution in [0.5, 0.6) is 0 Å². The van der Waals surface area contributed by atoms with Gasteiger partial charge in [-0.1, -0.05) is 0 Å². The Hall–Kier alpha value is -1.95. The minimum Gasteiger partial charge on any atom is -0.460 e. The van der Waals surface area contributed by atoms with E-state index < -0.39 is 4.92 Å². The van der Waals surface area contributed by atoms with Crippen LogP contribution in [0.15, 0.2) is 24.3 Å². The largest absolute Gasteiger partial charge is 0.460 e. The van der Waals surface area contributed by atoms with Crippen molar-refractivity contribution in [2.75, 3.05) is 6.54 Å². The van der Waals surface area contributed by atoms with E-state index >= 15 is 0 Å². The summed E-state index contributed by atoms with van der Waals surface area (Å²) in [6, 6.07) is 5.76. The summed E-state index contributed by atoms with van der Waals surface area (Å²) < 4.78 is 4.98. The minimum absolute atomic E-state index is 0.0268. The molecule has 1 fully saturated rings. The lowest BCUT2D eigenvalue weighted by atomic mass is 10.2. The van der Waals surface area contributed by atoms with Crippen molar-refractivity contribution in [3.63, 3.8) is 0 Å². The Kier molecular flexibility index (Phi) is 2.82. The second-order valence-electron chi connectivity index (χ2n) is 3.49. The normalized spacial score (nSPS) is 17.9. The zero-order chi connectivity index (χ0) is 11.5. The van der Waals surface area contributed by atoms with Crippen molar-refractivity contribution < 1.29 is 14.5 Å². The van der Waals surface area contributed by atoms with Gasteiger partial charge in [-0.25, -0.2) is 0 Å². The molecule has 16 heavy (non-hydrogen) atoms. The number of rotatable bonds is 4. The molecule has 0 radical (unpaired) electrons. The molecule has 1 N–H and O–H groups in total. The van der Waals surface area contributed by atoms with Gasteiger partial charge in [0.2, 0.25) is 0 Å². The average Bonchev–Trinajstić information content (AvgIpc) is 3.10. The van der Waals surface area contributed by atoms with E-state index in [9.17, 15) is 14.9 Å². The van der Waals surface area contributed by atoms with Crippen LogP contribution < -0.4 is 5.32 Å². The molecule has 1 aliphatic heterocycles. The molecule has 1 atom stereocenters. The van der Waals surface area contributed by atoms with E-state index in [2.05, 4.69) is 5.32 Å². The van der Waals surface area contributed by atoms with Crippen molar-refractivity contribution in [1.29, 1.82) is 0 Å². The van der Waals surface area contributed by atoms with Crippen LogP contribution in [0.1, 0.15) is 5.56 Å². The number of nitrogens with zero attached hydrogens (tertiary/aromatic N) is 1. The van der Waals surface area contributed by atoms with Crippen molar-refractivity contribution in [2.24, 2.45) is 0 Å². The Morgan fingerprint density at radius 2 is 2.12 bits per heavy atom. The fraction of sp³-hybridized carbons (Fsp3) is 0.300. The Bertz CT molecular complexity index is 411. The van der Waals surface area contributed by atoms with Gasteiger partial charge in [-0.2, -0.15) is 0 Å². The summed E-state index contributed by atoms with van der Waals surface area (Å²) in [5.74, 6) is -0.279. The highest BCUT2D eigenvalue weighted by Crippen LogP contribution is 2.13. The van der Waals surface area contributed by atoms with E-state index in [1.807, 2.05) is 0 Å². The zero-order valence-electron chi connectivity index (χ0n) is 8.38. The number of non-ortho nitro benzene ring substituents is 1. The molecule has 0 saturated carbocycles. The predicted molar refractivity (Wildman–Crippen MR) is 54.7 cm³/mol. The van der Waals surface area contributed by atoms with Gasteiger partial charge in [0, 0.05) is 18.7 Å². The number of esters is 1. The summed E-state index contributed by atoms with van der Waals surface area (Å²) in [5.41, 5.74) is 0.763. The molecule has 6 heteroatoms. The first-order valence-corrected chi connectivity index (χ1v) is 4.80. The lowest BCUT2D eigenvalue weighted by Crippen LogP contribution is -2.13. The third-order valence-electron chi connectivity index (χ3n) is 2.22. The molecule has 6 nitrogen and oxygen atoms in total. The van der Waals surface area contributed by atoms with Crippen LogP contribution in [-0.2, 0) is 16.1 Å². The van der Waals surface area contributed by atoms with Crippen molar-refractivity contribution in [1.82, 2.24) is 5.32 Å². The van der Waals surface area contributed by atoms with E-state index in [1.165, 1.54) is 12.1 Å². The number of carbonyl (C=O) groups excluding carboxylic acids is 1. The van der Waals surface area contributed by atoms with Crippen LogP contribution >= 0.6 is 0 Å². The number of nitrogens with one attached hydrogen (secondary N) is 1. The van der Waals surface area contributed by atoms with Crippen molar-refractivity contribution >= 4 is 11.7 Å². The maximum Gasteiger partial charge on any atom is 0.324 e. The number of carbonyl (C=O) groups is 1. The van der Waals surface area contributed by atoms with E-state index in [0.29, 0.717) is 6.54 Å². The molecule has 1 saturated heterocycles. The first-order chi connectivity index (χ1) is 7.66. The lowest BCUT2D eigenvalue weighted by Gasteiger charge is -2.02. The van der Waals surface area contributed by atoms with Crippen LogP contribution in [-0.4, -0.2) is 23.5 Å². The Morgan fingerprint density at radius 3 is 2.62 bits per heavy atom. The third kappa shape index (κ3) is 2.54. The molecule has 1 unspecified atom stereocenters. The van der Waals surface area contributed by atoms with E-state index in [4.69, 9.17) is 4.74 Å². The first kappa shape index (κ1) is 10.6. The molecule has 1 heterocycles. The van der Waals surface area contributed by atoms with Gasteiger partial charge in [-0.3, -0.25) is 14.9 Å². The molecule has 1 aromatic rings. The fourth-order valence-electron chi connectivity index (χ4n) is 1.19. The number of nitro benzene ring substituents is 1. The smallest absolute Gasteiger partial charge is 0.324 e. The summed E-state index contributed by atoms with van der Waals surface area (Å²) in [6.07, 6.45) is 0. The topological polar surface area (TPSA) is 91.4 Å². The highest BCUT2D eigenvalue weighted by Gasteiger charge is 2.30. The molecule has 1 aromatic carbocycles. The highest BCUT2D eigenvalue weighted by atomic mass is 16.6. The van der Waals surface area contributed by atoms with Crippen molar-refractivity contribution in [2.45, 2.75) is 12.6 Å². The molecule has 0 amide bonds. The third-order valence-corrected chi connectivity index (χ3v) is 2.22. The lowest BCUT2D eigenvalue weighted by molar-refractivity contribution is -0.384. The molecule has 0 aliphatic carbocycles. The second-order valence-corrected chi connectivity index (χ2v) is 3.49. The molecule has 2 rings (SSSR count). The molecular formula is C10H10N2O4. The average molecular weight is 222 g/mol. The quantitative estimate of drug-likeness (QED) is 0.349. The molecule has 84 valence electrons. The van der Waals surface area contributed by atoms with Crippen molar-refractivity contribution in [3.8, 4) is 0 Å². The summed E-state index contributed by atoms with van der Waals surface area (Å²) >= 11 is 0. The summed E-state index contributed by atoms with van der Waals surface area (Å²) in [6.45, 7) is 0.814. The van der Waals surface area contributed by atoms with E-state index in [-0.39, 0.29) is 24.3 Å². The van der Waals surface area contributed by atoms with E-state index in [1.54, 1.807) is 12.1 Å². The maximum absolute atomic E-state index is 11.2.